The summed E-state index contributed by atoms with van der Waals surface area (Å²) < 4.78 is 1.90. The van der Waals surface area contributed by atoms with Crippen LogP contribution in [-0.4, -0.2) is 30.6 Å². The maximum absolute atomic E-state index is 12.2. The number of nitrogens with zero attached hydrogens (tertiary/aromatic N) is 3. The number of halogens is 3. The van der Waals surface area contributed by atoms with Gasteiger partial charge in [-0.3, -0.25) is 9.89 Å². The predicted octanol–water partition coefficient (Wildman–Crippen LogP) is 5.55. The Morgan fingerprint density at radius 1 is 1.14 bits per heavy atom. The molecular formula is C20H13Cl3N4O2. The number of aromatic nitrogens is 4. The minimum Gasteiger partial charge on any atom is -0.507 e. The lowest BCUT2D eigenvalue weighted by molar-refractivity contribution is 0.103. The molecule has 0 bridgehead atoms. The normalized spacial score (nSPS) is 11.9. The molecule has 4 rings (SSSR count). The number of benzene rings is 2. The standard InChI is InChI=1S/C20H13Cl3N4O2/c21-12-1-3-16(23)11(5-12)8-27-9-15(14-6-13(22)2-4-17(14)27)18(28)7-19(29)20-24-10-25-26-20/h1-7,9-10,28H,8H2,(H,24,25,26). The highest BCUT2D eigenvalue weighted by Crippen LogP contribution is 2.31. The number of ketones is 1. The summed E-state index contributed by atoms with van der Waals surface area (Å²) in [4.78, 5) is 16.0. The van der Waals surface area contributed by atoms with E-state index in [2.05, 4.69) is 15.2 Å². The third-order valence-electron chi connectivity index (χ3n) is 4.38. The number of aromatic amines is 1. The van der Waals surface area contributed by atoms with Gasteiger partial charge in [-0.05, 0) is 42.0 Å². The highest BCUT2D eigenvalue weighted by atomic mass is 35.5. The van der Waals surface area contributed by atoms with Gasteiger partial charge in [-0.15, -0.1) is 0 Å². The molecule has 0 atom stereocenters. The van der Waals surface area contributed by atoms with Gasteiger partial charge in [-0.25, -0.2) is 4.98 Å². The number of hydrogen-bond donors (Lipinski definition) is 2. The molecule has 2 N–H and O–H groups in total. The molecule has 0 aliphatic rings. The van der Waals surface area contributed by atoms with Crippen molar-refractivity contribution in [3.63, 3.8) is 0 Å². The highest BCUT2D eigenvalue weighted by molar-refractivity contribution is 6.33. The van der Waals surface area contributed by atoms with Crippen LogP contribution in [0.15, 0.2) is 55.0 Å². The van der Waals surface area contributed by atoms with Crippen LogP contribution in [0.1, 0.15) is 21.7 Å². The Hall–Kier alpha value is -2.80. The van der Waals surface area contributed by atoms with Crippen LogP contribution in [0.4, 0.5) is 0 Å². The van der Waals surface area contributed by atoms with Gasteiger partial charge in [-0.2, -0.15) is 5.10 Å². The molecule has 146 valence electrons. The van der Waals surface area contributed by atoms with E-state index in [1.165, 1.54) is 6.33 Å². The quantitative estimate of drug-likeness (QED) is 0.239. The van der Waals surface area contributed by atoms with E-state index in [-0.39, 0.29) is 11.6 Å². The second kappa shape index (κ2) is 7.91. The Labute approximate surface area is 180 Å². The van der Waals surface area contributed by atoms with Crippen molar-refractivity contribution < 1.29 is 9.90 Å². The maximum Gasteiger partial charge on any atom is 0.226 e. The summed E-state index contributed by atoms with van der Waals surface area (Å²) in [6, 6.07) is 10.6. The predicted molar refractivity (Wildman–Crippen MR) is 114 cm³/mol. The van der Waals surface area contributed by atoms with Gasteiger partial charge >= 0.3 is 0 Å². The first-order chi connectivity index (χ1) is 13.9. The van der Waals surface area contributed by atoms with E-state index >= 15 is 0 Å². The Balaban J connectivity index is 1.79. The van der Waals surface area contributed by atoms with Gasteiger partial charge in [0, 0.05) is 50.4 Å². The fraction of sp³-hybridized carbons (Fsp3) is 0.0500. The number of H-pyrrole nitrogens is 1. The molecule has 2 aromatic heterocycles. The topological polar surface area (TPSA) is 83.8 Å². The molecule has 29 heavy (non-hydrogen) atoms. The molecule has 0 spiro atoms. The minimum atomic E-state index is -0.499. The fourth-order valence-electron chi connectivity index (χ4n) is 3.05. The van der Waals surface area contributed by atoms with Gasteiger partial charge in [0.05, 0.1) is 0 Å². The number of aliphatic hydroxyl groups is 1. The Morgan fingerprint density at radius 3 is 2.66 bits per heavy atom. The van der Waals surface area contributed by atoms with E-state index in [1.807, 2.05) is 10.6 Å². The fourth-order valence-corrected chi connectivity index (χ4v) is 3.59. The van der Waals surface area contributed by atoms with Crippen molar-refractivity contribution in [3.05, 3.63) is 87.0 Å². The Kier molecular flexibility index (Phi) is 5.32. The van der Waals surface area contributed by atoms with Gasteiger partial charge in [0.25, 0.3) is 0 Å². The summed E-state index contributed by atoms with van der Waals surface area (Å²) in [6.45, 7) is 0.418. The number of allylic oxidation sites excluding steroid dienone is 1. The second-order valence-corrected chi connectivity index (χ2v) is 7.58. The lowest BCUT2D eigenvalue weighted by Crippen LogP contribution is -2.00. The van der Waals surface area contributed by atoms with E-state index in [0.717, 1.165) is 17.2 Å². The summed E-state index contributed by atoms with van der Waals surface area (Å²) in [5, 5.41) is 19.1. The van der Waals surface area contributed by atoms with Crippen LogP contribution in [0.2, 0.25) is 15.1 Å². The van der Waals surface area contributed by atoms with Crippen LogP contribution in [0.5, 0.6) is 0 Å². The first-order valence-electron chi connectivity index (χ1n) is 8.45. The summed E-state index contributed by atoms with van der Waals surface area (Å²) in [6.07, 6.45) is 4.04. The summed E-state index contributed by atoms with van der Waals surface area (Å²) in [5.41, 5.74) is 2.08. The van der Waals surface area contributed by atoms with Gasteiger partial charge in [-0.1, -0.05) is 34.8 Å². The summed E-state index contributed by atoms with van der Waals surface area (Å²) in [5.74, 6) is -0.681. The zero-order valence-electron chi connectivity index (χ0n) is 14.7. The van der Waals surface area contributed by atoms with Crippen LogP contribution in [0.3, 0.4) is 0 Å². The lowest BCUT2D eigenvalue weighted by atomic mass is 10.1. The maximum atomic E-state index is 12.2. The van der Waals surface area contributed by atoms with Crippen molar-refractivity contribution in [3.8, 4) is 0 Å². The zero-order chi connectivity index (χ0) is 20.5. The van der Waals surface area contributed by atoms with Crippen molar-refractivity contribution in [1.82, 2.24) is 19.7 Å². The number of rotatable bonds is 5. The van der Waals surface area contributed by atoms with Gasteiger partial charge in [0.1, 0.15) is 12.1 Å². The van der Waals surface area contributed by atoms with E-state index < -0.39 is 5.78 Å². The van der Waals surface area contributed by atoms with Crippen molar-refractivity contribution in [2.75, 3.05) is 0 Å². The largest absolute Gasteiger partial charge is 0.507 e. The van der Waals surface area contributed by atoms with Crippen molar-refractivity contribution in [2.24, 2.45) is 0 Å². The smallest absolute Gasteiger partial charge is 0.226 e. The molecule has 0 amide bonds. The molecule has 0 aliphatic heterocycles. The van der Waals surface area contributed by atoms with Crippen molar-refractivity contribution in [1.29, 1.82) is 0 Å². The molecule has 0 radical (unpaired) electrons. The van der Waals surface area contributed by atoms with E-state index in [1.54, 1.807) is 36.5 Å². The molecule has 0 aliphatic carbocycles. The monoisotopic (exact) mass is 446 g/mol. The number of nitrogens with one attached hydrogen (secondary N) is 1. The molecule has 6 nitrogen and oxygen atoms in total. The van der Waals surface area contributed by atoms with Crippen LogP contribution in [0, 0.1) is 0 Å². The number of carbonyl (C=O) groups is 1. The highest BCUT2D eigenvalue weighted by Gasteiger charge is 2.16. The van der Waals surface area contributed by atoms with Crippen LogP contribution < -0.4 is 0 Å². The van der Waals surface area contributed by atoms with E-state index in [9.17, 15) is 9.90 Å². The first-order valence-corrected chi connectivity index (χ1v) is 9.59. The zero-order valence-corrected chi connectivity index (χ0v) is 17.0. The first kappa shape index (κ1) is 19.5. The van der Waals surface area contributed by atoms with E-state index in [4.69, 9.17) is 34.8 Å². The molecule has 0 fully saturated rings. The molecule has 9 heteroatoms. The average molecular weight is 448 g/mol. The van der Waals surface area contributed by atoms with Crippen LogP contribution >= 0.6 is 34.8 Å². The van der Waals surface area contributed by atoms with E-state index in [0.29, 0.717) is 32.6 Å². The van der Waals surface area contributed by atoms with Gasteiger partial charge < -0.3 is 9.67 Å². The molecule has 4 aromatic rings. The summed E-state index contributed by atoms with van der Waals surface area (Å²) >= 11 is 18.6. The molecule has 2 heterocycles. The lowest BCUT2D eigenvalue weighted by Gasteiger charge is -2.08. The van der Waals surface area contributed by atoms with Crippen LogP contribution in [0.25, 0.3) is 16.7 Å². The summed E-state index contributed by atoms with van der Waals surface area (Å²) in [7, 11) is 0. The number of aliphatic hydroxyl groups excluding tert-OH is 1. The molecule has 0 saturated carbocycles. The Morgan fingerprint density at radius 2 is 1.90 bits per heavy atom. The second-order valence-electron chi connectivity index (χ2n) is 6.30. The third kappa shape index (κ3) is 4.00. The number of carbonyl (C=O) groups excluding carboxylic acids is 1. The Bertz CT molecular complexity index is 1250. The van der Waals surface area contributed by atoms with Gasteiger partial charge in [0.15, 0.2) is 5.82 Å². The average Bonchev–Trinajstić information content (AvgIpc) is 3.33. The molecule has 0 unspecified atom stereocenters. The van der Waals surface area contributed by atoms with Crippen molar-refractivity contribution >= 4 is 57.2 Å². The molecule has 0 saturated heterocycles. The van der Waals surface area contributed by atoms with Gasteiger partial charge in [0.2, 0.25) is 5.78 Å². The third-order valence-corrected chi connectivity index (χ3v) is 5.22. The minimum absolute atomic E-state index is 0.0315. The molecular weight excluding hydrogens is 435 g/mol. The number of fused-ring (bicyclic) bond motifs is 1. The van der Waals surface area contributed by atoms with Crippen LogP contribution in [-0.2, 0) is 6.54 Å². The van der Waals surface area contributed by atoms with Crippen molar-refractivity contribution in [2.45, 2.75) is 6.54 Å². The molecule has 2 aromatic carbocycles. The number of hydrogen-bond acceptors (Lipinski definition) is 4. The SMILES string of the molecule is O=C(C=C(O)c1cn(Cc2cc(Cl)ccc2Cl)c2ccc(Cl)cc12)c1ncn[nH]1.